The normalized spacial score (nSPS) is 10.4. The summed E-state index contributed by atoms with van der Waals surface area (Å²) >= 11 is 0. The number of hydrogen-bond acceptors (Lipinski definition) is 5. The van der Waals surface area contributed by atoms with Gasteiger partial charge in [-0.2, -0.15) is 0 Å². The first kappa shape index (κ1) is 11.2. The standard InChI is InChI=1S/C8H11N3O4/c1-5(2)10-7(11(13)14)4-6(9-10)8(12)15-3/h4-5H,1-3H3. The van der Waals surface area contributed by atoms with Gasteiger partial charge in [0.15, 0.2) is 5.69 Å². The molecule has 0 fully saturated rings. The molecule has 7 nitrogen and oxygen atoms in total. The Morgan fingerprint density at radius 3 is 2.60 bits per heavy atom. The zero-order valence-corrected chi connectivity index (χ0v) is 8.63. The van der Waals surface area contributed by atoms with Crippen LogP contribution in [0.2, 0.25) is 0 Å². The van der Waals surface area contributed by atoms with Crippen molar-refractivity contribution in [1.29, 1.82) is 0 Å². The van der Waals surface area contributed by atoms with Crippen molar-refractivity contribution in [3.63, 3.8) is 0 Å². The lowest BCUT2D eigenvalue weighted by Crippen LogP contribution is -2.08. The van der Waals surface area contributed by atoms with Crippen LogP contribution < -0.4 is 0 Å². The zero-order chi connectivity index (χ0) is 11.6. The number of esters is 1. The van der Waals surface area contributed by atoms with E-state index in [0.29, 0.717) is 0 Å². The van der Waals surface area contributed by atoms with Crippen molar-refractivity contribution in [3.05, 3.63) is 21.9 Å². The van der Waals surface area contributed by atoms with E-state index in [0.717, 1.165) is 6.07 Å². The zero-order valence-electron chi connectivity index (χ0n) is 8.63. The minimum Gasteiger partial charge on any atom is -0.464 e. The summed E-state index contributed by atoms with van der Waals surface area (Å²) in [4.78, 5) is 21.2. The number of rotatable bonds is 3. The average molecular weight is 213 g/mol. The van der Waals surface area contributed by atoms with E-state index in [1.807, 2.05) is 0 Å². The molecule has 0 spiro atoms. The van der Waals surface area contributed by atoms with E-state index in [4.69, 9.17) is 0 Å². The quantitative estimate of drug-likeness (QED) is 0.427. The predicted molar refractivity (Wildman–Crippen MR) is 50.6 cm³/mol. The highest BCUT2D eigenvalue weighted by molar-refractivity contribution is 5.87. The number of ether oxygens (including phenoxy) is 1. The maximum absolute atomic E-state index is 11.1. The van der Waals surface area contributed by atoms with Gasteiger partial charge >= 0.3 is 11.8 Å². The fourth-order valence-corrected chi connectivity index (χ4v) is 1.11. The number of methoxy groups -OCH3 is 1. The molecule has 0 atom stereocenters. The van der Waals surface area contributed by atoms with E-state index in [9.17, 15) is 14.9 Å². The molecule has 1 heterocycles. The van der Waals surface area contributed by atoms with Gasteiger partial charge in [0.1, 0.15) is 6.04 Å². The fourth-order valence-electron chi connectivity index (χ4n) is 1.11. The van der Waals surface area contributed by atoms with E-state index in [-0.39, 0.29) is 17.6 Å². The molecule has 0 radical (unpaired) electrons. The summed E-state index contributed by atoms with van der Waals surface area (Å²) in [6.07, 6.45) is 0. The van der Waals surface area contributed by atoms with Crippen LogP contribution in [0.3, 0.4) is 0 Å². The highest BCUT2D eigenvalue weighted by Gasteiger charge is 2.24. The number of nitro groups is 1. The van der Waals surface area contributed by atoms with Gasteiger partial charge in [0.25, 0.3) is 0 Å². The Morgan fingerprint density at radius 1 is 1.67 bits per heavy atom. The molecule has 0 aromatic carbocycles. The number of nitrogens with zero attached hydrogens (tertiary/aromatic N) is 3. The topological polar surface area (TPSA) is 87.3 Å². The summed E-state index contributed by atoms with van der Waals surface area (Å²) in [7, 11) is 1.20. The second kappa shape index (κ2) is 4.07. The summed E-state index contributed by atoms with van der Waals surface area (Å²) < 4.78 is 5.60. The summed E-state index contributed by atoms with van der Waals surface area (Å²) in [6, 6.07) is 0.912. The summed E-state index contributed by atoms with van der Waals surface area (Å²) in [6.45, 7) is 3.47. The van der Waals surface area contributed by atoms with Crippen molar-refractivity contribution in [3.8, 4) is 0 Å². The first-order valence-corrected chi connectivity index (χ1v) is 4.29. The lowest BCUT2D eigenvalue weighted by atomic mass is 10.4. The SMILES string of the molecule is COC(=O)c1cc([N+](=O)[O-])n(C(C)C)n1. The minimum atomic E-state index is -0.683. The van der Waals surface area contributed by atoms with E-state index in [2.05, 4.69) is 9.84 Å². The van der Waals surface area contributed by atoms with Crippen molar-refractivity contribution < 1.29 is 14.5 Å². The monoisotopic (exact) mass is 213 g/mol. The second-order valence-electron chi connectivity index (χ2n) is 3.17. The Balaban J connectivity index is 3.21. The fraction of sp³-hybridized carbons (Fsp3) is 0.500. The molecule has 0 unspecified atom stereocenters. The largest absolute Gasteiger partial charge is 0.464 e. The minimum absolute atomic E-state index is 0.0575. The smallest absolute Gasteiger partial charge is 0.360 e. The molecular weight excluding hydrogens is 202 g/mol. The number of carbonyl (C=O) groups excluding carboxylic acids is 1. The van der Waals surface area contributed by atoms with Gasteiger partial charge in [-0.3, -0.25) is 0 Å². The number of hydrogen-bond donors (Lipinski definition) is 0. The van der Waals surface area contributed by atoms with Crippen molar-refractivity contribution in [2.24, 2.45) is 0 Å². The van der Waals surface area contributed by atoms with E-state index in [1.165, 1.54) is 11.8 Å². The van der Waals surface area contributed by atoms with Crippen LogP contribution in [0.5, 0.6) is 0 Å². The van der Waals surface area contributed by atoms with Gasteiger partial charge < -0.3 is 14.9 Å². The Hall–Kier alpha value is -1.92. The second-order valence-corrected chi connectivity index (χ2v) is 3.17. The number of aromatic nitrogens is 2. The van der Waals surface area contributed by atoms with Crippen LogP contribution in [-0.2, 0) is 4.74 Å². The molecular formula is C8H11N3O4. The van der Waals surface area contributed by atoms with Gasteiger partial charge in [0.05, 0.1) is 13.2 Å². The molecule has 0 saturated carbocycles. The van der Waals surface area contributed by atoms with Crippen LogP contribution in [-0.4, -0.2) is 27.8 Å². The third-order valence-electron chi connectivity index (χ3n) is 1.79. The van der Waals surface area contributed by atoms with Crippen LogP contribution in [0, 0.1) is 10.1 Å². The van der Waals surface area contributed by atoms with Crippen molar-refractivity contribution in [2.75, 3.05) is 7.11 Å². The molecule has 0 N–H and O–H groups in total. The van der Waals surface area contributed by atoms with E-state index >= 15 is 0 Å². The maximum Gasteiger partial charge on any atom is 0.360 e. The number of carbonyl (C=O) groups is 1. The summed E-state index contributed by atoms with van der Waals surface area (Å²) in [5, 5.41) is 14.4. The Kier molecular flexibility index (Phi) is 3.03. The average Bonchev–Trinajstić information content (AvgIpc) is 2.61. The Labute approximate surface area is 85.8 Å². The molecule has 1 aromatic heterocycles. The molecule has 1 aromatic rings. The van der Waals surface area contributed by atoms with Crippen LogP contribution in [0.1, 0.15) is 30.4 Å². The molecule has 0 bridgehead atoms. The Morgan fingerprint density at radius 2 is 2.27 bits per heavy atom. The van der Waals surface area contributed by atoms with Crippen LogP contribution in [0.25, 0.3) is 0 Å². The van der Waals surface area contributed by atoms with Gasteiger partial charge in [-0.05, 0) is 18.8 Å². The van der Waals surface area contributed by atoms with Gasteiger partial charge in [-0.1, -0.05) is 5.10 Å². The maximum atomic E-state index is 11.1. The van der Waals surface area contributed by atoms with E-state index in [1.54, 1.807) is 13.8 Å². The lowest BCUT2D eigenvalue weighted by molar-refractivity contribution is -0.393. The van der Waals surface area contributed by atoms with Crippen LogP contribution in [0.4, 0.5) is 5.82 Å². The van der Waals surface area contributed by atoms with Crippen LogP contribution >= 0.6 is 0 Å². The van der Waals surface area contributed by atoms with Gasteiger partial charge in [-0.25, -0.2) is 4.79 Å². The van der Waals surface area contributed by atoms with E-state index < -0.39 is 10.9 Å². The molecule has 0 aliphatic carbocycles. The van der Waals surface area contributed by atoms with Crippen molar-refractivity contribution >= 4 is 11.8 Å². The van der Waals surface area contributed by atoms with Crippen molar-refractivity contribution in [1.82, 2.24) is 9.78 Å². The van der Waals surface area contributed by atoms with Gasteiger partial charge in [0.2, 0.25) is 0 Å². The third-order valence-corrected chi connectivity index (χ3v) is 1.79. The third kappa shape index (κ3) is 2.12. The van der Waals surface area contributed by atoms with Crippen molar-refractivity contribution in [2.45, 2.75) is 19.9 Å². The van der Waals surface area contributed by atoms with Crippen LogP contribution in [0.15, 0.2) is 6.07 Å². The summed E-state index contributed by atoms with van der Waals surface area (Å²) in [5.41, 5.74) is -0.0575. The molecule has 0 amide bonds. The first-order chi connectivity index (χ1) is 6.97. The highest BCUT2D eigenvalue weighted by atomic mass is 16.6. The first-order valence-electron chi connectivity index (χ1n) is 4.29. The molecule has 82 valence electrons. The van der Waals surface area contributed by atoms with Gasteiger partial charge in [-0.15, -0.1) is 4.68 Å². The van der Waals surface area contributed by atoms with Gasteiger partial charge in [0, 0.05) is 0 Å². The molecule has 0 saturated heterocycles. The predicted octanol–water partition coefficient (Wildman–Crippen LogP) is 1.16. The molecule has 15 heavy (non-hydrogen) atoms. The highest BCUT2D eigenvalue weighted by Crippen LogP contribution is 2.18. The molecule has 0 aliphatic heterocycles. The molecule has 0 aliphatic rings. The lowest BCUT2D eigenvalue weighted by Gasteiger charge is -2.00. The Bertz CT molecular complexity index is 397. The molecule has 1 rings (SSSR count). The molecule has 7 heteroatoms. The summed E-state index contributed by atoms with van der Waals surface area (Å²) in [5.74, 6) is -0.900.